The first-order chi connectivity index (χ1) is 12.4. The highest BCUT2D eigenvalue weighted by Gasteiger charge is 2.51. The molecule has 27 heavy (non-hydrogen) atoms. The van der Waals surface area contributed by atoms with Crippen LogP contribution in [0.2, 0.25) is 0 Å². The van der Waals surface area contributed by atoms with E-state index in [4.69, 9.17) is 14.0 Å². The van der Waals surface area contributed by atoms with Crippen molar-refractivity contribution < 1.29 is 18.8 Å². The number of carbonyl (C=O) groups is 1. The molecule has 1 aromatic carbocycles. The van der Waals surface area contributed by atoms with Crippen LogP contribution in [0.1, 0.15) is 84.8 Å². The van der Waals surface area contributed by atoms with Gasteiger partial charge in [0.2, 0.25) is 0 Å². The molecule has 148 valence electrons. The Labute approximate surface area is 164 Å². The lowest BCUT2D eigenvalue weighted by Crippen LogP contribution is -2.41. The molecule has 5 heteroatoms. The lowest BCUT2D eigenvalue weighted by atomic mass is 9.73. The van der Waals surface area contributed by atoms with E-state index in [0.29, 0.717) is 6.42 Å². The van der Waals surface area contributed by atoms with Gasteiger partial charge in [0, 0.05) is 0 Å². The third kappa shape index (κ3) is 4.40. The van der Waals surface area contributed by atoms with E-state index in [1.54, 1.807) is 0 Å². The van der Waals surface area contributed by atoms with Gasteiger partial charge in [-0.3, -0.25) is 4.79 Å². The molecule has 2 aliphatic rings. The first kappa shape index (κ1) is 20.4. The lowest BCUT2D eigenvalue weighted by molar-refractivity contribution is -0.155. The van der Waals surface area contributed by atoms with Crippen molar-refractivity contribution in [2.75, 3.05) is 0 Å². The van der Waals surface area contributed by atoms with Gasteiger partial charge in [-0.1, -0.05) is 18.2 Å². The Bertz CT molecular complexity index is 702. The second-order valence-corrected chi connectivity index (χ2v) is 9.93. The van der Waals surface area contributed by atoms with Crippen LogP contribution in [0.4, 0.5) is 0 Å². The van der Waals surface area contributed by atoms with E-state index in [1.165, 1.54) is 11.1 Å². The molecule has 0 spiro atoms. The van der Waals surface area contributed by atoms with Gasteiger partial charge in [-0.05, 0) is 90.2 Å². The number of fused-ring (bicyclic) bond motifs is 1. The molecule has 1 aliphatic heterocycles. The number of esters is 1. The Hall–Kier alpha value is -1.33. The van der Waals surface area contributed by atoms with Crippen LogP contribution in [0.3, 0.4) is 0 Å². The summed E-state index contributed by atoms with van der Waals surface area (Å²) in [7, 11) is -0.341. The van der Waals surface area contributed by atoms with E-state index < -0.39 is 5.60 Å². The molecule has 3 rings (SSSR count). The van der Waals surface area contributed by atoms with Crippen molar-refractivity contribution in [1.29, 1.82) is 0 Å². The monoisotopic (exact) mass is 372 g/mol. The number of hydrogen-bond acceptors (Lipinski definition) is 4. The van der Waals surface area contributed by atoms with Gasteiger partial charge in [0.05, 0.1) is 17.6 Å². The molecule has 1 atom stereocenters. The lowest BCUT2D eigenvalue weighted by Gasteiger charge is -2.32. The second-order valence-electron chi connectivity index (χ2n) is 9.93. The zero-order valence-electron chi connectivity index (χ0n) is 17.8. The topological polar surface area (TPSA) is 44.8 Å². The summed E-state index contributed by atoms with van der Waals surface area (Å²) in [5.41, 5.74) is 2.52. The van der Waals surface area contributed by atoms with E-state index in [1.807, 2.05) is 20.8 Å². The minimum absolute atomic E-state index is 0.115. The third-order valence-electron chi connectivity index (χ3n) is 5.96. The highest BCUT2D eigenvalue weighted by molar-refractivity contribution is 6.62. The second kappa shape index (κ2) is 6.93. The predicted octanol–water partition coefficient (Wildman–Crippen LogP) is 4.14. The minimum atomic E-state index is -0.435. The van der Waals surface area contributed by atoms with E-state index >= 15 is 0 Å². The van der Waals surface area contributed by atoms with Crippen molar-refractivity contribution >= 4 is 18.6 Å². The van der Waals surface area contributed by atoms with Crippen LogP contribution >= 0.6 is 0 Å². The average molecular weight is 372 g/mol. The molecule has 0 bridgehead atoms. The Morgan fingerprint density at radius 1 is 1.19 bits per heavy atom. The van der Waals surface area contributed by atoms with Crippen molar-refractivity contribution in [3.05, 3.63) is 29.3 Å². The molecule has 1 unspecified atom stereocenters. The minimum Gasteiger partial charge on any atom is -0.460 e. The molecule has 1 saturated heterocycles. The fourth-order valence-electron chi connectivity index (χ4n) is 3.86. The Morgan fingerprint density at radius 3 is 2.41 bits per heavy atom. The van der Waals surface area contributed by atoms with Crippen molar-refractivity contribution in [3.8, 4) is 0 Å². The predicted molar refractivity (Wildman–Crippen MR) is 108 cm³/mol. The van der Waals surface area contributed by atoms with Gasteiger partial charge in [0.15, 0.2) is 0 Å². The fraction of sp³-hybridized carbons (Fsp3) is 0.682. The Kier molecular flexibility index (Phi) is 5.24. The molecular weight excluding hydrogens is 339 g/mol. The fourth-order valence-corrected chi connectivity index (χ4v) is 3.86. The number of benzene rings is 1. The van der Waals surface area contributed by atoms with Crippen LogP contribution in [-0.2, 0) is 25.3 Å². The van der Waals surface area contributed by atoms with Crippen LogP contribution in [0.15, 0.2) is 18.2 Å². The van der Waals surface area contributed by atoms with Crippen molar-refractivity contribution in [3.63, 3.8) is 0 Å². The van der Waals surface area contributed by atoms with E-state index in [-0.39, 0.29) is 30.2 Å². The quantitative estimate of drug-likeness (QED) is 0.591. The maximum atomic E-state index is 12.3. The van der Waals surface area contributed by atoms with Crippen molar-refractivity contribution in [2.24, 2.45) is 0 Å². The molecule has 0 N–H and O–H groups in total. The highest BCUT2D eigenvalue weighted by atomic mass is 16.7. The van der Waals surface area contributed by atoms with E-state index in [2.05, 4.69) is 45.9 Å². The standard InChI is InChI=1S/C22H33BO4/c1-20(2,3)25-19(24)14-16-10-8-9-15-13-17(11-12-18(15)16)23-26-21(4,5)22(6,7)27-23/h11-13,16H,8-10,14H2,1-7H3. The van der Waals surface area contributed by atoms with Gasteiger partial charge in [-0.15, -0.1) is 0 Å². The molecule has 1 aliphatic carbocycles. The molecule has 1 heterocycles. The zero-order chi connectivity index (χ0) is 20.0. The average Bonchev–Trinajstić information content (AvgIpc) is 2.73. The zero-order valence-corrected chi connectivity index (χ0v) is 17.8. The first-order valence-corrected chi connectivity index (χ1v) is 10.1. The summed E-state index contributed by atoms with van der Waals surface area (Å²) >= 11 is 0. The van der Waals surface area contributed by atoms with Gasteiger partial charge < -0.3 is 14.0 Å². The van der Waals surface area contributed by atoms with Gasteiger partial charge in [-0.2, -0.15) is 0 Å². The molecule has 0 saturated carbocycles. The van der Waals surface area contributed by atoms with Crippen LogP contribution < -0.4 is 5.46 Å². The molecule has 0 aromatic heterocycles. The van der Waals surface area contributed by atoms with Gasteiger partial charge in [0.25, 0.3) is 0 Å². The largest absolute Gasteiger partial charge is 0.494 e. The normalized spacial score (nSPS) is 23.8. The summed E-state index contributed by atoms with van der Waals surface area (Å²) in [6.45, 7) is 14.0. The van der Waals surface area contributed by atoms with Crippen LogP contribution in [-0.4, -0.2) is 29.9 Å². The van der Waals surface area contributed by atoms with Gasteiger partial charge in [0.1, 0.15) is 5.60 Å². The van der Waals surface area contributed by atoms with Crippen LogP contribution in [0.5, 0.6) is 0 Å². The molecule has 4 nitrogen and oxygen atoms in total. The molecule has 0 amide bonds. The number of rotatable bonds is 3. The highest BCUT2D eigenvalue weighted by Crippen LogP contribution is 2.38. The van der Waals surface area contributed by atoms with Gasteiger partial charge >= 0.3 is 13.1 Å². The summed E-state index contributed by atoms with van der Waals surface area (Å²) in [6, 6.07) is 6.46. The number of carbonyl (C=O) groups excluding carboxylic acids is 1. The number of aryl methyl sites for hydroxylation is 1. The van der Waals surface area contributed by atoms with Crippen LogP contribution in [0, 0.1) is 0 Å². The Balaban J connectivity index is 1.77. The SMILES string of the molecule is CC(C)(C)OC(=O)CC1CCCc2cc(B3OC(C)(C)C(C)(C)O3)ccc21. The molecule has 0 radical (unpaired) electrons. The number of hydrogen-bond donors (Lipinski definition) is 0. The summed E-state index contributed by atoms with van der Waals surface area (Å²) in [4.78, 5) is 12.3. The Morgan fingerprint density at radius 2 is 1.81 bits per heavy atom. The smallest absolute Gasteiger partial charge is 0.460 e. The summed E-state index contributed by atoms with van der Waals surface area (Å²) in [6.07, 6.45) is 3.60. The molecular formula is C22H33BO4. The maximum Gasteiger partial charge on any atom is 0.494 e. The number of ether oxygens (including phenoxy) is 1. The van der Waals surface area contributed by atoms with E-state index in [0.717, 1.165) is 24.7 Å². The summed E-state index contributed by atoms with van der Waals surface area (Å²) in [5.74, 6) is 0.117. The van der Waals surface area contributed by atoms with Crippen molar-refractivity contribution in [2.45, 2.75) is 96.9 Å². The van der Waals surface area contributed by atoms with Crippen molar-refractivity contribution in [1.82, 2.24) is 0 Å². The van der Waals surface area contributed by atoms with Crippen LogP contribution in [0.25, 0.3) is 0 Å². The van der Waals surface area contributed by atoms with Gasteiger partial charge in [-0.25, -0.2) is 0 Å². The molecule has 1 fully saturated rings. The van der Waals surface area contributed by atoms with E-state index in [9.17, 15) is 4.79 Å². The third-order valence-corrected chi connectivity index (χ3v) is 5.96. The summed E-state index contributed by atoms with van der Waals surface area (Å²) < 4.78 is 17.9. The summed E-state index contributed by atoms with van der Waals surface area (Å²) in [5, 5.41) is 0. The first-order valence-electron chi connectivity index (χ1n) is 10.1. The maximum absolute atomic E-state index is 12.3. The molecule has 1 aromatic rings.